The zero-order chi connectivity index (χ0) is 14.7. The molecule has 0 atom stereocenters. The quantitative estimate of drug-likeness (QED) is 0.884. The lowest BCUT2D eigenvalue weighted by atomic mass is 10.1. The number of nitrogens with one attached hydrogen (secondary N) is 1. The van der Waals surface area contributed by atoms with Crippen LogP contribution in [-0.2, 0) is 6.61 Å². The number of aliphatic hydroxyl groups is 1. The van der Waals surface area contributed by atoms with E-state index in [9.17, 15) is 5.11 Å². The molecule has 21 heavy (non-hydrogen) atoms. The largest absolute Gasteiger partial charge is 0.489 e. The highest BCUT2D eigenvalue weighted by molar-refractivity contribution is 9.10. The number of rotatable bonds is 4. The van der Waals surface area contributed by atoms with Crippen LogP contribution in [-0.4, -0.2) is 18.3 Å². The Labute approximate surface area is 132 Å². The van der Waals surface area contributed by atoms with Crippen LogP contribution in [0.2, 0.25) is 0 Å². The number of hydrogen-bond donors (Lipinski definition) is 2. The summed E-state index contributed by atoms with van der Waals surface area (Å²) in [6.45, 7) is 1.32. The molecule has 0 fully saturated rings. The van der Waals surface area contributed by atoms with E-state index < -0.39 is 0 Å². The Balaban J connectivity index is 1.74. The van der Waals surface area contributed by atoms with Gasteiger partial charge in [0, 0.05) is 27.8 Å². The highest BCUT2D eigenvalue weighted by Gasteiger charge is 2.11. The van der Waals surface area contributed by atoms with Crippen molar-refractivity contribution in [1.82, 2.24) is 0 Å². The van der Waals surface area contributed by atoms with E-state index in [4.69, 9.17) is 4.74 Å². The zero-order valence-corrected chi connectivity index (χ0v) is 13.1. The number of benzene rings is 2. The van der Waals surface area contributed by atoms with Gasteiger partial charge in [0.15, 0.2) is 0 Å². The van der Waals surface area contributed by atoms with Crippen LogP contribution in [0.1, 0.15) is 11.1 Å². The molecule has 2 aromatic carbocycles. The van der Waals surface area contributed by atoms with E-state index in [2.05, 4.69) is 33.4 Å². The first-order valence-corrected chi connectivity index (χ1v) is 7.60. The molecule has 1 aliphatic rings. The number of hydrogen-bond acceptors (Lipinski definition) is 3. The fourth-order valence-electron chi connectivity index (χ4n) is 2.34. The summed E-state index contributed by atoms with van der Waals surface area (Å²) >= 11 is 3.48. The van der Waals surface area contributed by atoms with Gasteiger partial charge in [-0.1, -0.05) is 34.1 Å². The van der Waals surface area contributed by atoms with Crippen LogP contribution in [0.15, 0.2) is 52.5 Å². The molecule has 0 bridgehead atoms. The molecule has 0 radical (unpaired) electrons. The van der Waals surface area contributed by atoms with Crippen molar-refractivity contribution < 1.29 is 9.84 Å². The fraction of sp³-hybridized carbons (Fsp3) is 0.176. The van der Waals surface area contributed by atoms with Gasteiger partial charge in [0.1, 0.15) is 12.4 Å². The predicted molar refractivity (Wildman–Crippen MR) is 88.5 cm³/mol. The third-order valence-electron chi connectivity index (χ3n) is 3.44. The van der Waals surface area contributed by atoms with Gasteiger partial charge in [-0.15, -0.1) is 0 Å². The Bertz CT molecular complexity index is 682. The second-order valence-electron chi connectivity index (χ2n) is 4.94. The molecule has 4 heteroatoms. The molecule has 1 aliphatic heterocycles. The lowest BCUT2D eigenvalue weighted by Crippen LogP contribution is -2.15. The monoisotopic (exact) mass is 345 g/mol. The molecule has 2 N–H and O–H groups in total. The molecular weight excluding hydrogens is 330 g/mol. The Morgan fingerprint density at radius 1 is 1.19 bits per heavy atom. The number of ether oxygens (including phenoxy) is 1. The van der Waals surface area contributed by atoms with Crippen molar-refractivity contribution in [3.8, 4) is 5.75 Å². The first-order chi connectivity index (χ1) is 10.3. The number of fused-ring (bicyclic) bond motifs is 1. The average Bonchev–Trinajstić information content (AvgIpc) is 2.52. The van der Waals surface area contributed by atoms with Crippen LogP contribution >= 0.6 is 15.9 Å². The van der Waals surface area contributed by atoms with Gasteiger partial charge in [-0.3, -0.25) is 0 Å². The van der Waals surface area contributed by atoms with Crippen molar-refractivity contribution >= 4 is 27.7 Å². The summed E-state index contributed by atoms with van der Waals surface area (Å²) in [5.41, 5.74) is 4.12. The molecule has 1 heterocycles. The summed E-state index contributed by atoms with van der Waals surface area (Å²) in [4.78, 5) is 0. The first kappa shape index (κ1) is 14.2. The summed E-state index contributed by atoms with van der Waals surface area (Å²) < 4.78 is 6.80. The van der Waals surface area contributed by atoms with E-state index >= 15 is 0 Å². The van der Waals surface area contributed by atoms with Gasteiger partial charge in [-0.05, 0) is 35.9 Å². The molecule has 0 aromatic heterocycles. The van der Waals surface area contributed by atoms with Crippen molar-refractivity contribution in [2.75, 3.05) is 18.5 Å². The minimum atomic E-state index is 0.0362. The molecule has 3 rings (SSSR count). The standard InChI is InChI=1S/C17H16BrNO2/c18-15-5-6-17-14(8-15)7-12(11-21-17)9-19-16-4-2-1-3-13(16)10-20/h1-8,19-20H,9-11H2. The zero-order valence-electron chi connectivity index (χ0n) is 11.5. The van der Waals surface area contributed by atoms with Crippen molar-refractivity contribution in [2.24, 2.45) is 0 Å². The van der Waals surface area contributed by atoms with Crippen molar-refractivity contribution in [2.45, 2.75) is 6.61 Å². The first-order valence-electron chi connectivity index (χ1n) is 6.80. The number of aliphatic hydroxyl groups excluding tert-OH is 1. The topological polar surface area (TPSA) is 41.5 Å². The smallest absolute Gasteiger partial charge is 0.127 e. The molecule has 0 amide bonds. The summed E-state index contributed by atoms with van der Waals surface area (Å²) in [7, 11) is 0. The van der Waals surface area contributed by atoms with Crippen LogP contribution in [0.4, 0.5) is 5.69 Å². The molecule has 0 saturated heterocycles. The Morgan fingerprint density at radius 2 is 2.05 bits per heavy atom. The molecule has 0 unspecified atom stereocenters. The van der Waals surface area contributed by atoms with E-state index in [1.807, 2.05) is 36.4 Å². The van der Waals surface area contributed by atoms with Crippen LogP contribution in [0.3, 0.4) is 0 Å². The maximum absolute atomic E-state index is 9.33. The van der Waals surface area contributed by atoms with Gasteiger partial charge in [0.25, 0.3) is 0 Å². The number of para-hydroxylation sites is 1. The maximum Gasteiger partial charge on any atom is 0.127 e. The highest BCUT2D eigenvalue weighted by atomic mass is 79.9. The van der Waals surface area contributed by atoms with E-state index in [-0.39, 0.29) is 6.61 Å². The molecule has 108 valence electrons. The molecule has 0 saturated carbocycles. The molecule has 2 aromatic rings. The van der Waals surface area contributed by atoms with Gasteiger partial charge in [-0.2, -0.15) is 0 Å². The van der Waals surface area contributed by atoms with E-state index in [1.54, 1.807) is 0 Å². The summed E-state index contributed by atoms with van der Waals surface area (Å²) in [5.74, 6) is 0.915. The second kappa shape index (κ2) is 6.33. The molecular formula is C17H16BrNO2. The van der Waals surface area contributed by atoms with Gasteiger partial charge >= 0.3 is 0 Å². The lowest BCUT2D eigenvalue weighted by molar-refractivity contribution is 0.282. The second-order valence-corrected chi connectivity index (χ2v) is 5.86. The maximum atomic E-state index is 9.33. The van der Waals surface area contributed by atoms with E-state index in [0.717, 1.165) is 27.0 Å². The molecule has 0 aliphatic carbocycles. The Hall–Kier alpha value is -1.78. The predicted octanol–water partition coefficient (Wildman–Crippen LogP) is 3.83. The fourth-order valence-corrected chi connectivity index (χ4v) is 2.72. The number of anilines is 1. The van der Waals surface area contributed by atoms with Crippen molar-refractivity contribution in [1.29, 1.82) is 0 Å². The molecule has 0 spiro atoms. The minimum Gasteiger partial charge on any atom is -0.489 e. The van der Waals surface area contributed by atoms with Gasteiger partial charge < -0.3 is 15.2 Å². The van der Waals surface area contributed by atoms with E-state index in [1.165, 1.54) is 5.57 Å². The SMILES string of the molecule is OCc1ccccc1NCC1=Cc2cc(Br)ccc2OC1. The lowest BCUT2D eigenvalue weighted by Gasteiger charge is -2.19. The van der Waals surface area contributed by atoms with Gasteiger partial charge in [-0.25, -0.2) is 0 Å². The third-order valence-corrected chi connectivity index (χ3v) is 3.93. The van der Waals surface area contributed by atoms with Gasteiger partial charge in [0.2, 0.25) is 0 Å². The van der Waals surface area contributed by atoms with Crippen molar-refractivity contribution in [3.63, 3.8) is 0 Å². The third kappa shape index (κ3) is 3.28. The van der Waals surface area contributed by atoms with Crippen molar-refractivity contribution in [3.05, 3.63) is 63.6 Å². The average molecular weight is 346 g/mol. The van der Waals surface area contributed by atoms with Crippen LogP contribution in [0.25, 0.3) is 6.08 Å². The Morgan fingerprint density at radius 3 is 2.90 bits per heavy atom. The van der Waals surface area contributed by atoms with Crippen LogP contribution in [0.5, 0.6) is 5.75 Å². The highest BCUT2D eigenvalue weighted by Crippen LogP contribution is 2.29. The van der Waals surface area contributed by atoms with Crippen LogP contribution < -0.4 is 10.1 Å². The summed E-state index contributed by atoms with van der Waals surface area (Å²) in [6, 6.07) is 13.8. The normalized spacial score (nSPS) is 13.1. The Kier molecular flexibility index (Phi) is 4.27. The number of halogens is 1. The van der Waals surface area contributed by atoms with Crippen LogP contribution in [0, 0.1) is 0 Å². The van der Waals surface area contributed by atoms with Gasteiger partial charge in [0.05, 0.1) is 6.61 Å². The summed E-state index contributed by atoms with van der Waals surface area (Å²) in [6.07, 6.45) is 2.15. The van der Waals surface area contributed by atoms with E-state index in [0.29, 0.717) is 13.2 Å². The minimum absolute atomic E-state index is 0.0362. The molecule has 3 nitrogen and oxygen atoms in total. The summed E-state index contributed by atoms with van der Waals surface area (Å²) in [5, 5.41) is 12.7.